The summed E-state index contributed by atoms with van der Waals surface area (Å²) in [6, 6.07) is 4.47. The van der Waals surface area contributed by atoms with E-state index >= 15 is 0 Å². The lowest BCUT2D eigenvalue weighted by molar-refractivity contribution is -0.122. The summed E-state index contributed by atoms with van der Waals surface area (Å²) in [6.07, 6.45) is 5.07. The monoisotopic (exact) mass is 370 g/mol. The molecule has 0 aliphatic heterocycles. The highest BCUT2D eigenvalue weighted by molar-refractivity contribution is 5.94. The van der Waals surface area contributed by atoms with Gasteiger partial charge in [-0.3, -0.25) is 4.79 Å². The number of anilines is 1. The van der Waals surface area contributed by atoms with Gasteiger partial charge in [-0.05, 0) is 63.5 Å². The molecule has 2 aliphatic rings. The molecule has 2 atom stereocenters. The number of amides is 1. The van der Waals surface area contributed by atoms with E-state index in [9.17, 15) is 9.18 Å². The third-order valence-corrected chi connectivity index (χ3v) is 5.35. The smallest absolute Gasteiger partial charge is 0.227 e. The minimum absolute atomic E-state index is 0. The maximum Gasteiger partial charge on any atom is 0.227 e. The molecule has 0 spiro atoms. The van der Waals surface area contributed by atoms with Crippen LogP contribution in [0.2, 0.25) is 0 Å². The highest BCUT2D eigenvalue weighted by Crippen LogP contribution is 2.42. The van der Waals surface area contributed by atoms with Crippen LogP contribution in [0, 0.1) is 23.6 Å². The van der Waals surface area contributed by atoms with Crippen molar-refractivity contribution in [2.75, 3.05) is 5.32 Å². The van der Waals surface area contributed by atoms with Gasteiger partial charge < -0.3 is 15.8 Å². The lowest BCUT2D eigenvalue weighted by Gasteiger charge is -2.43. The molecule has 4 nitrogen and oxygen atoms in total. The van der Waals surface area contributed by atoms with E-state index in [-0.39, 0.29) is 42.2 Å². The Morgan fingerprint density at radius 2 is 1.92 bits per heavy atom. The maximum absolute atomic E-state index is 13.6. The number of nitrogens with one attached hydrogen (secondary N) is 1. The first kappa shape index (κ1) is 20.0. The highest BCUT2D eigenvalue weighted by Gasteiger charge is 2.40. The first-order valence-corrected chi connectivity index (χ1v) is 8.96. The lowest BCUT2D eigenvalue weighted by Crippen LogP contribution is -2.48. The Labute approximate surface area is 155 Å². The van der Waals surface area contributed by atoms with E-state index in [4.69, 9.17) is 10.5 Å². The van der Waals surface area contributed by atoms with Gasteiger partial charge in [0, 0.05) is 18.0 Å². The highest BCUT2D eigenvalue weighted by atomic mass is 35.5. The second-order valence-electron chi connectivity index (χ2n) is 7.49. The molecule has 2 bridgehead atoms. The Morgan fingerprint density at radius 1 is 1.28 bits per heavy atom. The van der Waals surface area contributed by atoms with Crippen molar-refractivity contribution in [3.63, 3.8) is 0 Å². The summed E-state index contributed by atoms with van der Waals surface area (Å²) in [5.74, 6) is 0.906. The SMILES string of the molecule is CC(C)Oc1ccc(F)cc1NC(=O)C1CC2CCCC(C1)C2N.Cl. The van der Waals surface area contributed by atoms with E-state index in [1.54, 1.807) is 6.07 Å². The zero-order valence-corrected chi connectivity index (χ0v) is 15.7. The molecule has 2 saturated carbocycles. The molecule has 2 aliphatic carbocycles. The zero-order valence-electron chi connectivity index (χ0n) is 14.8. The Morgan fingerprint density at radius 3 is 2.52 bits per heavy atom. The van der Waals surface area contributed by atoms with Crippen LogP contribution in [0.25, 0.3) is 0 Å². The summed E-state index contributed by atoms with van der Waals surface area (Å²) in [5.41, 5.74) is 6.71. The van der Waals surface area contributed by atoms with E-state index in [1.807, 2.05) is 13.8 Å². The van der Waals surface area contributed by atoms with Crippen molar-refractivity contribution in [2.24, 2.45) is 23.5 Å². The first-order chi connectivity index (χ1) is 11.4. The van der Waals surface area contributed by atoms with Gasteiger partial charge in [0.05, 0.1) is 11.8 Å². The minimum atomic E-state index is -0.385. The second-order valence-corrected chi connectivity index (χ2v) is 7.49. The standard InChI is InChI=1S/C19H27FN2O2.ClH/c1-11(2)24-17-7-6-15(20)10-16(17)22-19(23)14-8-12-4-3-5-13(9-14)18(12)21;/h6-7,10-14,18H,3-5,8-9,21H2,1-2H3,(H,22,23);1H. The van der Waals surface area contributed by atoms with E-state index in [1.165, 1.54) is 18.6 Å². The largest absolute Gasteiger partial charge is 0.489 e. The molecule has 0 radical (unpaired) electrons. The normalized spacial score (nSPS) is 28.2. The molecule has 1 amide bonds. The zero-order chi connectivity index (χ0) is 17.3. The van der Waals surface area contributed by atoms with Crippen molar-refractivity contribution in [3.8, 4) is 5.75 Å². The number of rotatable bonds is 4. The van der Waals surface area contributed by atoms with Crippen LogP contribution in [0.3, 0.4) is 0 Å². The summed E-state index contributed by atoms with van der Waals surface area (Å²) in [5, 5.41) is 2.89. The number of carbonyl (C=O) groups excluding carboxylic acids is 1. The van der Waals surface area contributed by atoms with Gasteiger partial charge in [-0.2, -0.15) is 0 Å². The first-order valence-electron chi connectivity index (χ1n) is 8.96. The third kappa shape index (κ3) is 4.64. The third-order valence-electron chi connectivity index (χ3n) is 5.35. The average molecular weight is 371 g/mol. The Bertz CT molecular complexity index is 597. The molecule has 2 unspecified atom stereocenters. The minimum Gasteiger partial charge on any atom is -0.489 e. The molecule has 25 heavy (non-hydrogen) atoms. The number of benzene rings is 1. The predicted octanol–water partition coefficient (Wildman–Crippen LogP) is 4.13. The lowest BCUT2D eigenvalue weighted by atomic mass is 9.65. The van der Waals surface area contributed by atoms with Gasteiger partial charge in [-0.25, -0.2) is 4.39 Å². The van der Waals surface area contributed by atoms with E-state index < -0.39 is 0 Å². The molecule has 0 aromatic heterocycles. The van der Waals surface area contributed by atoms with Crippen molar-refractivity contribution in [1.82, 2.24) is 0 Å². The van der Waals surface area contributed by atoms with Crippen molar-refractivity contribution < 1.29 is 13.9 Å². The molecule has 3 N–H and O–H groups in total. The molecular formula is C19H28ClFN2O2. The van der Waals surface area contributed by atoms with Crippen LogP contribution in [0.4, 0.5) is 10.1 Å². The number of hydrogen-bond donors (Lipinski definition) is 2. The van der Waals surface area contributed by atoms with Crippen molar-refractivity contribution in [2.45, 2.75) is 58.1 Å². The summed E-state index contributed by atoms with van der Waals surface area (Å²) in [4.78, 5) is 12.7. The van der Waals surface area contributed by atoms with Crippen molar-refractivity contribution >= 4 is 24.0 Å². The summed E-state index contributed by atoms with van der Waals surface area (Å²) >= 11 is 0. The van der Waals surface area contributed by atoms with Crippen LogP contribution >= 0.6 is 12.4 Å². The molecule has 0 heterocycles. The maximum atomic E-state index is 13.6. The van der Waals surface area contributed by atoms with E-state index in [0.29, 0.717) is 23.3 Å². The van der Waals surface area contributed by atoms with Crippen LogP contribution in [-0.4, -0.2) is 18.1 Å². The summed E-state index contributed by atoms with van der Waals surface area (Å²) in [6.45, 7) is 3.80. The predicted molar refractivity (Wildman–Crippen MR) is 99.6 cm³/mol. The Balaban J connectivity index is 0.00000225. The Hall–Kier alpha value is -1.33. The number of halogens is 2. The fourth-order valence-corrected chi connectivity index (χ4v) is 4.19. The van der Waals surface area contributed by atoms with E-state index in [0.717, 1.165) is 25.7 Å². The van der Waals surface area contributed by atoms with Crippen LogP contribution in [0.15, 0.2) is 18.2 Å². The van der Waals surface area contributed by atoms with Gasteiger partial charge in [0.15, 0.2) is 0 Å². The van der Waals surface area contributed by atoms with Crippen molar-refractivity contribution in [1.29, 1.82) is 0 Å². The molecule has 1 aromatic carbocycles. The van der Waals surface area contributed by atoms with Gasteiger partial charge in [-0.15, -0.1) is 12.4 Å². The number of hydrogen-bond acceptors (Lipinski definition) is 3. The Kier molecular flexibility index (Phi) is 6.69. The van der Waals surface area contributed by atoms with Gasteiger partial charge in [-0.1, -0.05) is 6.42 Å². The number of ether oxygens (including phenoxy) is 1. The topological polar surface area (TPSA) is 64.3 Å². The number of nitrogens with two attached hydrogens (primary N) is 1. The fourth-order valence-electron chi connectivity index (χ4n) is 4.19. The fraction of sp³-hybridized carbons (Fsp3) is 0.632. The summed E-state index contributed by atoms with van der Waals surface area (Å²) < 4.78 is 19.3. The van der Waals surface area contributed by atoms with Gasteiger partial charge in [0.2, 0.25) is 5.91 Å². The summed E-state index contributed by atoms with van der Waals surface area (Å²) in [7, 11) is 0. The van der Waals surface area contributed by atoms with Gasteiger partial charge in [0.1, 0.15) is 11.6 Å². The molecule has 6 heteroatoms. The molecule has 1 aromatic rings. The molecular weight excluding hydrogens is 343 g/mol. The van der Waals surface area contributed by atoms with Gasteiger partial charge in [0.25, 0.3) is 0 Å². The molecule has 2 fully saturated rings. The van der Waals surface area contributed by atoms with Crippen LogP contribution in [0.5, 0.6) is 5.75 Å². The van der Waals surface area contributed by atoms with Crippen LogP contribution in [0.1, 0.15) is 46.0 Å². The number of fused-ring (bicyclic) bond motifs is 2. The quantitative estimate of drug-likeness (QED) is 0.837. The second kappa shape index (κ2) is 8.37. The molecule has 3 rings (SSSR count). The van der Waals surface area contributed by atoms with Gasteiger partial charge >= 0.3 is 0 Å². The van der Waals surface area contributed by atoms with Crippen LogP contribution < -0.4 is 15.8 Å². The number of carbonyl (C=O) groups is 1. The average Bonchev–Trinajstić information content (AvgIpc) is 2.49. The molecule has 140 valence electrons. The van der Waals surface area contributed by atoms with Crippen LogP contribution in [-0.2, 0) is 4.79 Å². The van der Waals surface area contributed by atoms with E-state index in [2.05, 4.69) is 5.32 Å². The van der Waals surface area contributed by atoms with Crippen molar-refractivity contribution in [3.05, 3.63) is 24.0 Å². The molecule has 0 saturated heterocycles.